The van der Waals surface area contributed by atoms with Gasteiger partial charge in [-0.05, 0) is 92.2 Å². The normalized spacial score (nSPS) is 15.1. The Bertz CT molecular complexity index is 1680. The second-order valence-electron chi connectivity index (χ2n) is 12.2. The maximum atomic E-state index is 12.9. The van der Waals surface area contributed by atoms with E-state index in [1.807, 2.05) is 38.1 Å². The van der Waals surface area contributed by atoms with Crippen molar-refractivity contribution in [3.8, 4) is 5.75 Å². The number of unbranched alkanes of at least 4 members (excludes halogenated alkanes) is 4. The third-order valence-corrected chi connectivity index (χ3v) is 10.0. The molecular weight excluding hydrogens is 643 g/mol. The molecule has 0 spiro atoms. The number of aryl methyl sites for hydroxylation is 1. The zero-order valence-electron chi connectivity index (χ0n) is 27.1. The standard InChI is InChI=1S/C34H47N3O8S2/c1-34(2)44-25-28-22-27(16-17-33(28)45-34)32(38)24-36-18-6-3-4-7-19-43-20-8-5-11-26-12-9-15-31(21-26)47(41,42)37-29-13-10-14-30(23-29)46(35,39)40/h9-10,12-17,21-23,32,36-38H,3-8,11,18-20,24-25H2,1-2H3,(H2,35,39,40)/t32-/m1/s1. The monoisotopic (exact) mass is 689 g/mol. The van der Waals surface area contributed by atoms with Crippen LogP contribution in [0.2, 0.25) is 0 Å². The summed E-state index contributed by atoms with van der Waals surface area (Å²) < 4.78 is 68.7. The van der Waals surface area contributed by atoms with Crippen LogP contribution in [0.3, 0.4) is 0 Å². The lowest BCUT2D eigenvalue weighted by Crippen LogP contribution is -2.35. The zero-order valence-corrected chi connectivity index (χ0v) is 28.7. The Balaban J connectivity index is 1.03. The summed E-state index contributed by atoms with van der Waals surface area (Å²) in [5.74, 6) is 0.169. The van der Waals surface area contributed by atoms with Crippen LogP contribution >= 0.6 is 0 Å². The third kappa shape index (κ3) is 11.9. The average Bonchev–Trinajstić information content (AvgIpc) is 3.02. The van der Waals surface area contributed by atoms with Crippen molar-refractivity contribution >= 4 is 25.7 Å². The van der Waals surface area contributed by atoms with E-state index >= 15 is 0 Å². The topological polar surface area (TPSA) is 166 Å². The fraction of sp³-hybridized carbons (Fsp3) is 0.471. The lowest BCUT2D eigenvalue weighted by molar-refractivity contribution is -0.180. The lowest BCUT2D eigenvalue weighted by atomic mass is 10.0. The van der Waals surface area contributed by atoms with Crippen molar-refractivity contribution < 1.29 is 36.2 Å². The molecule has 1 heterocycles. The van der Waals surface area contributed by atoms with E-state index in [9.17, 15) is 21.9 Å². The Morgan fingerprint density at radius 2 is 1.62 bits per heavy atom. The molecule has 1 atom stereocenters. The summed E-state index contributed by atoms with van der Waals surface area (Å²) in [6.07, 6.45) is 6.02. The van der Waals surface area contributed by atoms with E-state index in [0.29, 0.717) is 32.8 Å². The maximum absolute atomic E-state index is 12.9. The fourth-order valence-corrected chi connectivity index (χ4v) is 6.86. The van der Waals surface area contributed by atoms with Crippen molar-refractivity contribution in [1.29, 1.82) is 0 Å². The van der Waals surface area contributed by atoms with Crippen LogP contribution in [0.4, 0.5) is 5.69 Å². The SMILES string of the molecule is CC1(C)OCc2cc([C@H](O)CNCCCCCCOCCCCc3cccc(S(=O)(=O)Nc4cccc(S(N)(=O)=O)c4)c3)ccc2O1. The van der Waals surface area contributed by atoms with E-state index in [2.05, 4.69) is 10.0 Å². The van der Waals surface area contributed by atoms with Gasteiger partial charge < -0.3 is 24.6 Å². The Labute approximate surface area is 278 Å². The third-order valence-electron chi connectivity index (χ3n) is 7.76. The quantitative estimate of drug-likeness (QED) is 0.127. The van der Waals surface area contributed by atoms with E-state index in [4.69, 9.17) is 19.3 Å². The molecule has 0 fully saturated rings. The summed E-state index contributed by atoms with van der Waals surface area (Å²) in [4.78, 5) is -0.0725. The molecule has 0 amide bonds. The molecule has 0 unspecified atom stereocenters. The first-order valence-electron chi connectivity index (χ1n) is 16.0. The first kappa shape index (κ1) is 36.8. The summed E-state index contributed by atoms with van der Waals surface area (Å²) in [5, 5.41) is 19.1. The summed E-state index contributed by atoms with van der Waals surface area (Å²) in [7, 11) is -7.86. The minimum Gasteiger partial charge on any atom is -0.463 e. The number of rotatable bonds is 19. The molecule has 0 bridgehead atoms. The Morgan fingerprint density at radius 1 is 0.894 bits per heavy atom. The van der Waals surface area contributed by atoms with Crippen LogP contribution in [0.5, 0.6) is 5.75 Å². The molecule has 11 nitrogen and oxygen atoms in total. The number of anilines is 1. The van der Waals surface area contributed by atoms with Crippen molar-refractivity contribution in [3.63, 3.8) is 0 Å². The van der Waals surface area contributed by atoms with Gasteiger partial charge in [0.1, 0.15) is 5.75 Å². The number of aliphatic hydroxyl groups excluding tert-OH is 1. The molecule has 4 rings (SSSR count). The molecule has 0 saturated carbocycles. The summed E-state index contributed by atoms with van der Waals surface area (Å²) >= 11 is 0. The van der Waals surface area contributed by atoms with E-state index < -0.39 is 31.9 Å². The number of aliphatic hydroxyl groups is 1. The molecule has 0 aliphatic carbocycles. The lowest BCUT2D eigenvalue weighted by Gasteiger charge is -2.33. The van der Waals surface area contributed by atoms with Gasteiger partial charge in [-0.2, -0.15) is 0 Å². The van der Waals surface area contributed by atoms with Gasteiger partial charge in [-0.1, -0.05) is 37.1 Å². The van der Waals surface area contributed by atoms with Crippen molar-refractivity contribution in [1.82, 2.24) is 5.32 Å². The second kappa shape index (κ2) is 16.9. The van der Waals surface area contributed by atoms with Gasteiger partial charge in [0.05, 0.1) is 28.2 Å². The van der Waals surface area contributed by atoms with Gasteiger partial charge in [0.15, 0.2) is 0 Å². The predicted octanol–water partition coefficient (Wildman–Crippen LogP) is 5.00. The fourth-order valence-electron chi connectivity index (χ4n) is 5.18. The Morgan fingerprint density at radius 3 is 2.40 bits per heavy atom. The predicted molar refractivity (Wildman–Crippen MR) is 181 cm³/mol. The maximum Gasteiger partial charge on any atom is 0.261 e. The highest BCUT2D eigenvalue weighted by Crippen LogP contribution is 2.33. The molecule has 3 aromatic rings. The van der Waals surface area contributed by atoms with Crippen LogP contribution in [-0.2, 0) is 42.5 Å². The summed E-state index contributed by atoms with van der Waals surface area (Å²) in [6, 6.07) is 17.8. The first-order chi connectivity index (χ1) is 22.3. The van der Waals surface area contributed by atoms with Crippen molar-refractivity contribution in [2.75, 3.05) is 31.0 Å². The smallest absolute Gasteiger partial charge is 0.261 e. The van der Waals surface area contributed by atoms with Crippen LogP contribution in [0, 0.1) is 0 Å². The van der Waals surface area contributed by atoms with Gasteiger partial charge in [-0.3, -0.25) is 4.72 Å². The molecule has 47 heavy (non-hydrogen) atoms. The minimum atomic E-state index is -3.95. The number of primary sulfonamides is 1. The molecule has 3 aromatic carbocycles. The molecule has 0 radical (unpaired) electrons. The first-order valence-corrected chi connectivity index (χ1v) is 19.0. The molecule has 0 aromatic heterocycles. The van der Waals surface area contributed by atoms with Gasteiger partial charge in [0.2, 0.25) is 15.8 Å². The number of sulfonamides is 2. The number of hydrogen-bond acceptors (Lipinski definition) is 9. The van der Waals surface area contributed by atoms with E-state index in [1.165, 1.54) is 30.3 Å². The van der Waals surface area contributed by atoms with Crippen LogP contribution in [-0.4, -0.2) is 54.0 Å². The summed E-state index contributed by atoms with van der Waals surface area (Å²) in [5.41, 5.74) is 2.81. The van der Waals surface area contributed by atoms with Gasteiger partial charge in [-0.25, -0.2) is 22.0 Å². The molecular formula is C34H47N3O8S2. The number of benzene rings is 3. The van der Waals surface area contributed by atoms with E-state index in [-0.39, 0.29) is 15.5 Å². The van der Waals surface area contributed by atoms with Crippen LogP contribution in [0.1, 0.15) is 75.2 Å². The number of fused-ring (bicyclic) bond motifs is 1. The molecule has 0 saturated heterocycles. The highest BCUT2D eigenvalue weighted by atomic mass is 32.2. The number of nitrogens with two attached hydrogens (primary N) is 1. The molecule has 13 heteroatoms. The van der Waals surface area contributed by atoms with Gasteiger partial charge in [0, 0.05) is 39.2 Å². The highest BCUT2D eigenvalue weighted by Gasteiger charge is 2.27. The second-order valence-corrected chi connectivity index (χ2v) is 15.4. The number of nitrogens with one attached hydrogen (secondary N) is 2. The Hall–Kier alpha value is -3.04. The van der Waals surface area contributed by atoms with Crippen molar-refractivity contribution in [2.45, 2.75) is 87.1 Å². The van der Waals surface area contributed by atoms with Gasteiger partial charge >= 0.3 is 0 Å². The van der Waals surface area contributed by atoms with Gasteiger partial charge in [-0.15, -0.1) is 0 Å². The van der Waals surface area contributed by atoms with Crippen molar-refractivity contribution in [2.24, 2.45) is 5.14 Å². The average molecular weight is 690 g/mol. The van der Waals surface area contributed by atoms with Crippen molar-refractivity contribution in [3.05, 3.63) is 83.4 Å². The van der Waals surface area contributed by atoms with Crippen LogP contribution < -0.4 is 19.9 Å². The largest absolute Gasteiger partial charge is 0.463 e. The van der Waals surface area contributed by atoms with Crippen LogP contribution in [0.15, 0.2) is 76.5 Å². The van der Waals surface area contributed by atoms with E-state index in [1.54, 1.807) is 12.1 Å². The highest BCUT2D eigenvalue weighted by molar-refractivity contribution is 7.92. The summed E-state index contributed by atoms with van der Waals surface area (Å²) in [6.45, 7) is 6.92. The molecule has 258 valence electrons. The van der Waals surface area contributed by atoms with E-state index in [0.717, 1.165) is 67.5 Å². The van der Waals surface area contributed by atoms with Gasteiger partial charge in [0.25, 0.3) is 10.0 Å². The number of ether oxygens (including phenoxy) is 3. The number of hydrogen-bond donors (Lipinski definition) is 4. The minimum absolute atomic E-state index is 0.100. The van der Waals surface area contributed by atoms with Crippen LogP contribution in [0.25, 0.3) is 0 Å². The molecule has 5 N–H and O–H groups in total. The Kier molecular flexibility index (Phi) is 13.2. The molecule has 1 aliphatic heterocycles. The zero-order chi connectivity index (χ0) is 33.9. The molecule has 1 aliphatic rings.